The molecule has 0 aliphatic heterocycles. The van der Waals surface area contributed by atoms with E-state index in [1.165, 1.54) is 22.3 Å². The molecule has 0 unspecified atom stereocenters. The third-order valence-electron chi connectivity index (χ3n) is 10.6. The van der Waals surface area contributed by atoms with Gasteiger partial charge in [0.1, 0.15) is 5.65 Å². The number of anilines is 3. The monoisotopic (exact) mass is 681 g/mol. The predicted molar refractivity (Wildman–Crippen MR) is 217 cm³/mol. The fourth-order valence-electron chi connectivity index (χ4n) is 7.90. The van der Waals surface area contributed by atoms with Crippen molar-refractivity contribution in [3.8, 4) is 44.9 Å². The van der Waals surface area contributed by atoms with Crippen molar-refractivity contribution in [3.05, 3.63) is 187 Å². The summed E-state index contributed by atoms with van der Waals surface area (Å²) in [7, 11) is 0. The molecule has 0 saturated heterocycles. The Morgan fingerprint density at radius 2 is 1.04 bits per heavy atom. The molecule has 0 amide bonds. The van der Waals surface area contributed by atoms with Crippen LogP contribution in [0.5, 0.6) is 0 Å². The zero-order valence-corrected chi connectivity index (χ0v) is 29.5. The molecule has 5 nitrogen and oxygen atoms in total. The van der Waals surface area contributed by atoms with E-state index < -0.39 is 0 Å². The van der Waals surface area contributed by atoms with Gasteiger partial charge in [0.25, 0.3) is 0 Å². The van der Waals surface area contributed by atoms with Crippen LogP contribution in [-0.4, -0.2) is 19.4 Å². The van der Waals surface area contributed by atoms with Crippen LogP contribution in [0.4, 0.5) is 17.1 Å². The summed E-state index contributed by atoms with van der Waals surface area (Å²) >= 11 is 0. The maximum atomic E-state index is 5.26. The quantitative estimate of drug-likeness (QED) is 0.175. The van der Waals surface area contributed by atoms with Crippen molar-refractivity contribution in [2.75, 3.05) is 4.90 Å². The first-order valence-electron chi connectivity index (χ1n) is 18.0. The van der Waals surface area contributed by atoms with Gasteiger partial charge in [0.15, 0.2) is 0 Å². The van der Waals surface area contributed by atoms with Crippen molar-refractivity contribution in [3.63, 3.8) is 0 Å². The van der Waals surface area contributed by atoms with Gasteiger partial charge in [0.05, 0.1) is 28.1 Å². The first kappa shape index (κ1) is 30.9. The van der Waals surface area contributed by atoms with Crippen LogP contribution in [0.3, 0.4) is 0 Å². The van der Waals surface area contributed by atoms with Crippen molar-refractivity contribution >= 4 is 33.7 Å². The number of para-hydroxylation sites is 3. The second-order valence-corrected chi connectivity index (χ2v) is 14.2. The molecule has 6 aromatic carbocycles. The van der Waals surface area contributed by atoms with Gasteiger partial charge in [-0.15, -0.1) is 0 Å². The summed E-state index contributed by atoms with van der Waals surface area (Å²) in [6.45, 7) is 4.64. The first-order valence-corrected chi connectivity index (χ1v) is 18.0. The minimum absolute atomic E-state index is 0.111. The van der Waals surface area contributed by atoms with E-state index in [9.17, 15) is 0 Å². The SMILES string of the molecule is CC1(C)c2ccccc2-c2ccc(-c3nc4ccccc4nc3-c3ccc(N(c4ccccc4)c4ccc(-c5cn6ccccc6n5)cc4)cc3)cc21. The van der Waals surface area contributed by atoms with Gasteiger partial charge in [0.2, 0.25) is 0 Å². The molecule has 5 heteroatoms. The highest BCUT2D eigenvalue weighted by atomic mass is 15.1. The summed E-state index contributed by atoms with van der Waals surface area (Å²) in [5.41, 5.74) is 16.9. The number of rotatable bonds is 6. The summed E-state index contributed by atoms with van der Waals surface area (Å²) in [5.74, 6) is 0. The van der Waals surface area contributed by atoms with E-state index in [4.69, 9.17) is 15.0 Å². The molecule has 0 saturated carbocycles. The first-order chi connectivity index (χ1) is 26.0. The highest BCUT2D eigenvalue weighted by Gasteiger charge is 2.35. The molecule has 53 heavy (non-hydrogen) atoms. The van der Waals surface area contributed by atoms with E-state index in [0.29, 0.717) is 0 Å². The van der Waals surface area contributed by atoms with Gasteiger partial charge in [0, 0.05) is 51.6 Å². The molecule has 9 aromatic rings. The number of imidazole rings is 1. The molecule has 0 fully saturated rings. The lowest BCUT2D eigenvalue weighted by molar-refractivity contribution is 0.660. The zero-order chi connectivity index (χ0) is 35.5. The number of hydrogen-bond donors (Lipinski definition) is 0. The maximum Gasteiger partial charge on any atom is 0.137 e. The molecule has 0 spiro atoms. The molecule has 1 aliphatic rings. The van der Waals surface area contributed by atoms with E-state index in [1.807, 2.05) is 48.7 Å². The van der Waals surface area contributed by atoms with Crippen molar-refractivity contribution < 1.29 is 0 Å². The van der Waals surface area contributed by atoms with Gasteiger partial charge in [-0.2, -0.15) is 0 Å². The standard InChI is InChI=1S/C48H35N5/c1-48(2)40-15-7-6-14-38(40)39-28-23-34(30-41(39)48)47-46(50-42-16-8-9-17-43(42)51-47)33-21-26-37(27-22-33)53(35-12-4-3-5-13-35)36-24-19-32(20-25-36)44-31-52-29-11-10-18-45(52)49-44/h3-31H,1-2H3. The van der Waals surface area contributed by atoms with E-state index in [-0.39, 0.29) is 5.41 Å². The summed E-state index contributed by atoms with van der Waals surface area (Å²) in [5, 5.41) is 0. The fourth-order valence-corrected chi connectivity index (χ4v) is 7.90. The van der Waals surface area contributed by atoms with Crippen LogP contribution in [0.1, 0.15) is 25.0 Å². The Balaban J connectivity index is 1.05. The van der Waals surface area contributed by atoms with Gasteiger partial charge in [-0.1, -0.05) is 111 Å². The van der Waals surface area contributed by atoms with Crippen LogP contribution in [0, 0.1) is 0 Å². The highest BCUT2D eigenvalue weighted by Crippen LogP contribution is 2.50. The van der Waals surface area contributed by atoms with E-state index in [1.54, 1.807) is 0 Å². The molecule has 3 heterocycles. The van der Waals surface area contributed by atoms with Crippen molar-refractivity contribution in [1.29, 1.82) is 0 Å². The van der Waals surface area contributed by atoms with Crippen LogP contribution in [-0.2, 0) is 5.41 Å². The largest absolute Gasteiger partial charge is 0.311 e. The van der Waals surface area contributed by atoms with Gasteiger partial charge >= 0.3 is 0 Å². The number of fused-ring (bicyclic) bond motifs is 5. The Bertz CT molecular complexity index is 2770. The lowest BCUT2D eigenvalue weighted by atomic mass is 9.81. The minimum Gasteiger partial charge on any atom is -0.311 e. The third kappa shape index (κ3) is 5.20. The molecule has 0 radical (unpaired) electrons. The minimum atomic E-state index is -0.111. The number of pyridine rings is 1. The molecule has 0 atom stereocenters. The second-order valence-electron chi connectivity index (χ2n) is 14.2. The highest BCUT2D eigenvalue weighted by molar-refractivity contribution is 5.90. The smallest absolute Gasteiger partial charge is 0.137 e. The summed E-state index contributed by atoms with van der Waals surface area (Å²) in [6, 6.07) is 57.6. The Labute approximate surface area is 308 Å². The third-order valence-corrected chi connectivity index (χ3v) is 10.6. The van der Waals surface area contributed by atoms with Gasteiger partial charge in [-0.05, 0) is 89.0 Å². The lowest BCUT2D eigenvalue weighted by Gasteiger charge is -2.26. The Morgan fingerprint density at radius 3 is 1.75 bits per heavy atom. The number of benzene rings is 6. The summed E-state index contributed by atoms with van der Waals surface area (Å²) in [4.78, 5) is 17.6. The van der Waals surface area contributed by atoms with Crippen LogP contribution < -0.4 is 4.90 Å². The normalized spacial score (nSPS) is 12.9. The molecule has 0 bridgehead atoms. The molecule has 3 aromatic heterocycles. The molecule has 0 N–H and O–H groups in total. The van der Waals surface area contributed by atoms with Gasteiger partial charge < -0.3 is 9.30 Å². The number of hydrogen-bond acceptors (Lipinski definition) is 4. The van der Waals surface area contributed by atoms with Crippen LogP contribution >= 0.6 is 0 Å². The van der Waals surface area contributed by atoms with E-state index >= 15 is 0 Å². The fraction of sp³-hybridized carbons (Fsp3) is 0.0625. The average molecular weight is 682 g/mol. The van der Waals surface area contributed by atoms with E-state index in [0.717, 1.165) is 67.5 Å². The number of nitrogens with zero attached hydrogens (tertiary/aromatic N) is 5. The maximum absolute atomic E-state index is 5.26. The average Bonchev–Trinajstić information content (AvgIpc) is 3.75. The lowest BCUT2D eigenvalue weighted by Crippen LogP contribution is -2.15. The molecule has 1 aliphatic carbocycles. The summed E-state index contributed by atoms with van der Waals surface area (Å²) in [6.07, 6.45) is 4.10. The molecular formula is C48H35N5. The molecule has 252 valence electrons. The molecular weight excluding hydrogens is 647 g/mol. The Morgan fingerprint density at radius 1 is 0.472 bits per heavy atom. The van der Waals surface area contributed by atoms with Crippen LogP contribution in [0.25, 0.3) is 61.6 Å². The van der Waals surface area contributed by atoms with E-state index in [2.05, 4.69) is 151 Å². The predicted octanol–water partition coefficient (Wildman–Crippen LogP) is 12.1. The summed E-state index contributed by atoms with van der Waals surface area (Å²) < 4.78 is 2.05. The topological polar surface area (TPSA) is 46.3 Å². The zero-order valence-electron chi connectivity index (χ0n) is 29.5. The van der Waals surface area contributed by atoms with Crippen LogP contribution in [0.2, 0.25) is 0 Å². The number of aromatic nitrogens is 4. The molecule has 10 rings (SSSR count). The van der Waals surface area contributed by atoms with Gasteiger partial charge in [-0.25, -0.2) is 15.0 Å². The van der Waals surface area contributed by atoms with Crippen molar-refractivity contribution in [2.45, 2.75) is 19.3 Å². The Kier molecular flexibility index (Phi) is 7.08. The van der Waals surface area contributed by atoms with Gasteiger partial charge in [-0.3, -0.25) is 0 Å². The Hall–Kier alpha value is -6.85. The van der Waals surface area contributed by atoms with Crippen molar-refractivity contribution in [2.24, 2.45) is 0 Å². The second kappa shape index (κ2) is 12.1. The van der Waals surface area contributed by atoms with Crippen LogP contribution in [0.15, 0.2) is 176 Å². The van der Waals surface area contributed by atoms with Crippen molar-refractivity contribution in [1.82, 2.24) is 19.4 Å².